The van der Waals surface area contributed by atoms with E-state index in [0.717, 1.165) is 36.6 Å². The van der Waals surface area contributed by atoms with Gasteiger partial charge in [0.25, 0.3) is 5.91 Å². The fourth-order valence-corrected chi connectivity index (χ4v) is 3.55. The first-order valence-corrected chi connectivity index (χ1v) is 10.6. The molecule has 1 aliphatic rings. The average molecular weight is 416 g/mol. The molecule has 1 aromatic carbocycles. The lowest BCUT2D eigenvalue weighted by molar-refractivity contribution is -0.126. The molecule has 164 valence electrons. The van der Waals surface area contributed by atoms with Crippen LogP contribution >= 0.6 is 0 Å². The first kappa shape index (κ1) is 22.2. The largest absolute Gasteiger partial charge is 0.394 e. The van der Waals surface area contributed by atoms with Gasteiger partial charge < -0.3 is 21.5 Å². The number of para-hydroxylation sites is 1. The number of carbonyl (C=O) groups is 2. The number of aromatic nitrogens is 2. The highest BCUT2D eigenvalue weighted by molar-refractivity contribution is 6.06. The van der Waals surface area contributed by atoms with Crippen molar-refractivity contribution in [2.24, 2.45) is 11.1 Å². The van der Waals surface area contributed by atoms with Gasteiger partial charge in [0.05, 0.1) is 17.7 Å². The Labute approximate surface area is 177 Å². The van der Waals surface area contributed by atoms with Crippen LogP contribution in [-0.2, 0) is 11.3 Å². The van der Waals surface area contributed by atoms with Gasteiger partial charge in [0, 0.05) is 11.9 Å². The molecule has 1 atom stereocenters. The fourth-order valence-electron chi connectivity index (χ4n) is 3.55. The third kappa shape index (κ3) is 4.82. The molecule has 30 heavy (non-hydrogen) atoms. The van der Waals surface area contributed by atoms with Crippen molar-refractivity contribution in [2.75, 3.05) is 13.2 Å². The number of amides is 2. The van der Waals surface area contributed by atoms with Gasteiger partial charge in [-0.25, -0.2) is 0 Å². The summed E-state index contributed by atoms with van der Waals surface area (Å²) in [6.07, 6.45) is 3.25. The van der Waals surface area contributed by atoms with E-state index >= 15 is 0 Å². The van der Waals surface area contributed by atoms with Crippen molar-refractivity contribution in [1.29, 1.82) is 0 Å². The van der Waals surface area contributed by atoms with Crippen LogP contribution in [0.3, 0.4) is 0 Å². The van der Waals surface area contributed by atoms with E-state index in [2.05, 4.69) is 15.7 Å². The second-order valence-electron chi connectivity index (χ2n) is 9.28. The molecule has 0 unspecified atom stereocenters. The Morgan fingerprint density at radius 2 is 1.97 bits per heavy atom. The van der Waals surface area contributed by atoms with Gasteiger partial charge in [0.15, 0.2) is 5.69 Å². The molecule has 8 nitrogen and oxygen atoms in total. The van der Waals surface area contributed by atoms with Crippen molar-refractivity contribution in [1.82, 2.24) is 20.4 Å². The summed E-state index contributed by atoms with van der Waals surface area (Å²) >= 11 is 0. The summed E-state index contributed by atoms with van der Waals surface area (Å²) in [6.45, 7) is 6.90. The topological polar surface area (TPSA) is 122 Å². The predicted octanol–water partition coefficient (Wildman–Crippen LogP) is 1.56. The molecule has 5 N–H and O–H groups in total. The molecule has 1 saturated carbocycles. The zero-order chi connectivity index (χ0) is 21.9. The zero-order valence-electron chi connectivity index (χ0n) is 18.1. The maximum atomic E-state index is 13.2. The number of hydrogen-bond donors (Lipinski definition) is 4. The summed E-state index contributed by atoms with van der Waals surface area (Å²) in [5.74, 6) is -0.665. The molecule has 1 aromatic heterocycles. The minimum atomic E-state index is -0.754. The Bertz CT molecular complexity index is 911. The van der Waals surface area contributed by atoms with Crippen LogP contribution in [0.15, 0.2) is 24.3 Å². The molecule has 0 saturated heterocycles. The number of nitrogens with zero attached hydrogens (tertiary/aromatic N) is 2. The van der Waals surface area contributed by atoms with E-state index in [1.54, 1.807) is 0 Å². The normalized spacial score (nSPS) is 16.3. The first-order valence-electron chi connectivity index (χ1n) is 10.6. The van der Waals surface area contributed by atoms with Gasteiger partial charge >= 0.3 is 0 Å². The molecular weight excluding hydrogens is 382 g/mol. The van der Waals surface area contributed by atoms with Gasteiger partial charge in [-0.1, -0.05) is 39.0 Å². The second kappa shape index (κ2) is 8.73. The number of benzene rings is 1. The van der Waals surface area contributed by atoms with E-state index in [4.69, 9.17) is 5.73 Å². The van der Waals surface area contributed by atoms with E-state index in [9.17, 15) is 14.7 Å². The van der Waals surface area contributed by atoms with Crippen molar-refractivity contribution in [3.05, 3.63) is 30.0 Å². The Balaban J connectivity index is 1.83. The number of aliphatic hydroxyl groups excluding tert-OH is 1. The summed E-state index contributed by atoms with van der Waals surface area (Å²) in [6, 6.07) is 6.84. The van der Waals surface area contributed by atoms with E-state index in [-0.39, 0.29) is 18.4 Å². The van der Waals surface area contributed by atoms with Crippen molar-refractivity contribution in [3.63, 3.8) is 0 Å². The van der Waals surface area contributed by atoms with Crippen LogP contribution in [0.25, 0.3) is 10.9 Å². The maximum Gasteiger partial charge on any atom is 0.273 e. The molecule has 1 aliphatic carbocycles. The van der Waals surface area contributed by atoms with Crippen molar-refractivity contribution in [3.8, 4) is 0 Å². The SMILES string of the molecule is CC(C)(C)[C@H](NC(=O)c1nn(CCCCN)c2ccccc12)C(=O)NC1(CO)CC1. The number of nitrogens with one attached hydrogen (secondary N) is 2. The van der Waals surface area contributed by atoms with Crippen LogP contribution in [0.4, 0.5) is 0 Å². The standard InChI is InChI=1S/C22H33N5O3/c1-21(2,3)18(20(30)25-22(14-28)10-11-22)24-19(29)17-15-8-4-5-9-16(15)27(26-17)13-7-6-12-23/h4-5,8-9,18,28H,6-7,10-14,23H2,1-3H3,(H,24,29)(H,25,30)/t18-/m1/s1. The van der Waals surface area contributed by atoms with E-state index < -0.39 is 17.0 Å². The molecule has 3 rings (SSSR count). The third-order valence-electron chi connectivity index (χ3n) is 5.65. The average Bonchev–Trinajstić information content (AvgIpc) is 3.38. The number of hydrogen-bond acceptors (Lipinski definition) is 5. The molecule has 8 heteroatoms. The highest BCUT2D eigenvalue weighted by Crippen LogP contribution is 2.35. The molecule has 0 spiro atoms. The van der Waals surface area contributed by atoms with Gasteiger partial charge in [0.1, 0.15) is 6.04 Å². The zero-order valence-corrected chi connectivity index (χ0v) is 18.1. The highest BCUT2D eigenvalue weighted by atomic mass is 16.3. The molecule has 0 aliphatic heterocycles. The lowest BCUT2D eigenvalue weighted by Gasteiger charge is -2.31. The summed E-state index contributed by atoms with van der Waals surface area (Å²) < 4.78 is 1.83. The van der Waals surface area contributed by atoms with Crippen molar-refractivity contribution < 1.29 is 14.7 Å². The minimum Gasteiger partial charge on any atom is -0.394 e. The van der Waals surface area contributed by atoms with Crippen LogP contribution in [0.2, 0.25) is 0 Å². The van der Waals surface area contributed by atoms with Gasteiger partial charge in [-0.3, -0.25) is 14.3 Å². The molecule has 1 heterocycles. The van der Waals surface area contributed by atoms with Gasteiger partial charge in [-0.15, -0.1) is 0 Å². The predicted molar refractivity (Wildman–Crippen MR) is 116 cm³/mol. The monoisotopic (exact) mass is 415 g/mol. The smallest absolute Gasteiger partial charge is 0.273 e. The lowest BCUT2D eigenvalue weighted by atomic mass is 9.85. The second-order valence-corrected chi connectivity index (χ2v) is 9.28. The minimum absolute atomic E-state index is 0.0958. The summed E-state index contributed by atoms with van der Waals surface area (Å²) in [5.41, 5.74) is 5.74. The summed E-state index contributed by atoms with van der Waals surface area (Å²) in [5, 5.41) is 20.7. The molecule has 0 bridgehead atoms. The van der Waals surface area contributed by atoms with Crippen LogP contribution in [0.5, 0.6) is 0 Å². The Morgan fingerprint density at radius 3 is 2.57 bits per heavy atom. The van der Waals surface area contributed by atoms with Crippen LogP contribution in [-0.4, -0.2) is 51.4 Å². The van der Waals surface area contributed by atoms with E-state index in [1.807, 2.05) is 49.7 Å². The highest BCUT2D eigenvalue weighted by Gasteiger charge is 2.46. The summed E-state index contributed by atoms with van der Waals surface area (Å²) in [4.78, 5) is 26.1. The number of fused-ring (bicyclic) bond motifs is 1. The molecule has 2 aromatic rings. The fraction of sp³-hybridized carbons (Fsp3) is 0.591. The van der Waals surface area contributed by atoms with Gasteiger partial charge in [-0.2, -0.15) is 5.10 Å². The third-order valence-corrected chi connectivity index (χ3v) is 5.65. The first-order chi connectivity index (χ1) is 14.2. The van der Waals surface area contributed by atoms with Crippen LogP contribution in [0.1, 0.15) is 56.9 Å². The summed E-state index contributed by atoms with van der Waals surface area (Å²) in [7, 11) is 0. The van der Waals surface area contributed by atoms with Crippen LogP contribution in [0, 0.1) is 5.41 Å². The molecular formula is C22H33N5O3. The van der Waals surface area contributed by atoms with Crippen molar-refractivity contribution in [2.45, 2.75) is 64.6 Å². The van der Waals surface area contributed by atoms with Crippen LogP contribution < -0.4 is 16.4 Å². The number of nitrogens with two attached hydrogens (primary N) is 1. The quantitative estimate of drug-likeness (QED) is 0.463. The molecule has 0 radical (unpaired) electrons. The maximum absolute atomic E-state index is 13.2. The number of aliphatic hydroxyl groups is 1. The van der Waals surface area contributed by atoms with Crippen molar-refractivity contribution >= 4 is 22.7 Å². The Morgan fingerprint density at radius 1 is 1.27 bits per heavy atom. The molecule has 2 amide bonds. The van der Waals surface area contributed by atoms with E-state index in [0.29, 0.717) is 18.8 Å². The Kier molecular flexibility index (Phi) is 6.47. The van der Waals surface area contributed by atoms with Gasteiger partial charge in [0.2, 0.25) is 5.91 Å². The van der Waals surface area contributed by atoms with E-state index in [1.165, 1.54) is 0 Å². The molecule has 1 fully saturated rings. The lowest BCUT2D eigenvalue weighted by Crippen LogP contribution is -2.56. The number of aryl methyl sites for hydroxylation is 1. The number of rotatable bonds is 9. The number of carbonyl (C=O) groups excluding carboxylic acids is 2. The van der Waals surface area contributed by atoms with Gasteiger partial charge in [-0.05, 0) is 43.7 Å². The Hall–Kier alpha value is -2.45. The number of unbranched alkanes of at least 4 members (excludes halogenated alkanes) is 1.